The molecule has 1 N–H and O–H groups in total. The zero-order chi connectivity index (χ0) is 12.8. The van der Waals surface area contributed by atoms with Crippen molar-refractivity contribution in [2.75, 3.05) is 39.8 Å². The maximum absolute atomic E-state index is 12.3. The van der Waals surface area contributed by atoms with E-state index >= 15 is 0 Å². The Morgan fingerprint density at radius 3 is 2.82 bits per heavy atom. The van der Waals surface area contributed by atoms with E-state index in [1.54, 1.807) is 0 Å². The largest absolute Gasteiger partial charge is 0.338 e. The molecular weight excluding hydrogens is 214 g/mol. The molecule has 1 aliphatic rings. The highest BCUT2D eigenvalue weighted by molar-refractivity contribution is 5.79. The summed E-state index contributed by atoms with van der Waals surface area (Å²) in [7, 11) is 2.13. The zero-order valence-corrected chi connectivity index (χ0v) is 11.7. The van der Waals surface area contributed by atoms with Crippen LogP contribution in [0.15, 0.2) is 0 Å². The predicted molar refractivity (Wildman–Crippen MR) is 71.0 cm³/mol. The normalized spacial score (nSPS) is 24.5. The van der Waals surface area contributed by atoms with E-state index in [1.807, 2.05) is 6.92 Å². The van der Waals surface area contributed by atoms with E-state index in [1.165, 1.54) is 0 Å². The van der Waals surface area contributed by atoms with Crippen LogP contribution >= 0.6 is 0 Å². The molecular formula is C13H27N3O. The van der Waals surface area contributed by atoms with E-state index in [4.69, 9.17) is 0 Å². The number of nitrogens with zero attached hydrogens (tertiary/aromatic N) is 2. The monoisotopic (exact) mass is 241 g/mol. The molecule has 4 heteroatoms. The Balaban J connectivity index is 2.54. The minimum absolute atomic E-state index is 0.0841. The fourth-order valence-electron chi connectivity index (χ4n) is 2.43. The van der Waals surface area contributed by atoms with Crippen LogP contribution < -0.4 is 5.32 Å². The van der Waals surface area contributed by atoms with Crippen molar-refractivity contribution in [2.45, 2.75) is 33.2 Å². The number of carbonyl (C=O) groups excluding carboxylic acids is 1. The maximum atomic E-state index is 12.3. The summed E-state index contributed by atoms with van der Waals surface area (Å²) in [6.45, 7) is 10.9. The molecule has 1 rings (SSSR count). The van der Waals surface area contributed by atoms with Gasteiger partial charge in [-0.05, 0) is 33.5 Å². The average molecular weight is 241 g/mol. The molecule has 2 atom stereocenters. The minimum atomic E-state index is 0.0841. The molecule has 0 aromatic heterocycles. The lowest BCUT2D eigenvalue weighted by atomic mass is 10.1. The molecule has 0 spiro atoms. The molecule has 1 fully saturated rings. The molecule has 2 unspecified atom stereocenters. The first-order valence-corrected chi connectivity index (χ1v) is 6.76. The van der Waals surface area contributed by atoms with Crippen LogP contribution in [0.3, 0.4) is 0 Å². The third-order valence-electron chi connectivity index (χ3n) is 3.45. The van der Waals surface area contributed by atoms with Gasteiger partial charge >= 0.3 is 0 Å². The van der Waals surface area contributed by atoms with Crippen LogP contribution in [0.1, 0.15) is 27.2 Å². The number of amides is 1. The maximum Gasteiger partial charge on any atom is 0.226 e. The van der Waals surface area contributed by atoms with Crippen LogP contribution in [-0.4, -0.2) is 61.5 Å². The zero-order valence-electron chi connectivity index (χ0n) is 11.7. The van der Waals surface area contributed by atoms with Gasteiger partial charge in [-0.1, -0.05) is 13.8 Å². The summed E-state index contributed by atoms with van der Waals surface area (Å²) < 4.78 is 0. The summed E-state index contributed by atoms with van der Waals surface area (Å²) in [4.78, 5) is 16.7. The van der Waals surface area contributed by atoms with Gasteiger partial charge in [-0.3, -0.25) is 4.79 Å². The van der Waals surface area contributed by atoms with Crippen molar-refractivity contribution in [2.24, 2.45) is 5.92 Å². The molecule has 100 valence electrons. The fourth-order valence-corrected chi connectivity index (χ4v) is 2.43. The van der Waals surface area contributed by atoms with Crippen molar-refractivity contribution in [3.8, 4) is 0 Å². The third kappa shape index (κ3) is 4.28. The quantitative estimate of drug-likeness (QED) is 0.790. The Hall–Kier alpha value is -0.610. The number of nitrogens with one attached hydrogen (secondary N) is 1. The second kappa shape index (κ2) is 6.97. The molecule has 0 aromatic rings. The highest BCUT2D eigenvalue weighted by Gasteiger charge is 2.26. The van der Waals surface area contributed by atoms with Gasteiger partial charge in [-0.25, -0.2) is 0 Å². The molecule has 4 nitrogen and oxygen atoms in total. The highest BCUT2D eigenvalue weighted by atomic mass is 16.2. The molecule has 0 aromatic carbocycles. The number of hydrogen-bond acceptors (Lipinski definition) is 3. The van der Waals surface area contributed by atoms with Crippen LogP contribution in [0.2, 0.25) is 0 Å². The van der Waals surface area contributed by atoms with Gasteiger partial charge in [0.15, 0.2) is 0 Å². The Kier molecular flexibility index (Phi) is 5.92. The van der Waals surface area contributed by atoms with Crippen molar-refractivity contribution < 1.29 is 4.79 Å². The fraction of sp³-hybridized carbons (Fsp3) is 0.923. The van der Waals surface area contributed by atoms with Gasteiger partial charge in [0.25, 0.3) is 0 Å². The average Bonchev–Trinajstić information content (AvgIpc) is 2.46. The highest BCUT2D eigenvalue weighted by Crippen LogP contribution is 2.12. The van der Waals surface area contributed by atoms with Crippen LogP contribution in [-0.2, 0) is 4.79 Å². The molecule has 1 saturated heterocycles. The summed E-state index contributed by atoms with van der Waals surface area (Å²) in [5, 5.41) is 3.25. The van der Waals surface area contributed by atoms with Gasteiger partial charge in [-0.2, -0.15) is 0 Å². The molecule has 0 bridgehead atoms. The second-order valence-electron chi connectivity index (χ2n) is 5.21. The van der Waals surface area contributed by atoms with E-state index in [-0.39, 0.29) is 5.92 Å². The summed E-state index contributed by atoms with van der Waals surface area (Å²) in [5.41, 5.74) is 0. The Morgan fingerprint density at radius 1 is 1.47 bits per heavy atom. The van der Waals surface area contributed by atoms with Gasteiger partial charge < -0.3 is 15.1 Å². The standard InChI is InChI=1S/C13H27N3O/c1-5-14-9-11(2)13(17)16-8-6-7-15(4)10-12(16)3/h11-12,14H,5-10H2,1-4H3. The number of likely N-dealkylation sites (N-methyl/N-ethyl adjacent to an activating group) is 1. The molecule has 1 heterocycles. The van der Waals surface area contributed by atoms with Gasteiger partial charge in [0.05, 0.1) is 0 Å². The first kappa shape index (κ1) is 14.5. The lowest BCUT2D eigenvalue weighted by molar-refractivity contribution is -0.136. The van der Waals surface area contributed by atoms with Gasteiger partial charge in [0.2, 0.25) is 5.91 Å². The second-order valence-corrected chi connectivity index (χ2v) is 5.21. The summed E-state index contributed by atoms with van der Waals surface area (Å²) in [6.07, 6.45) is 1.08. The number of rotatable bonds is 4. The Labute approximate surface area is 105 Å². The third-order valence-corrected chi connectivity index (χ3v) is 3.45. The topological polar surface area (TPSA) is 35.6 Å². The van der Waals surface area contributed by atoms with E-state index in [9.17, 15) is 4.79 Å². The molecule has 1 aliphatic heterocycles. The van der Waals surface area contributed by atoms with Gasteiger partial charge in [-0.15, -0.1) is 0 Å². The Morgan fingerprint density at radius 2 is 2.18 bits per heavy atom. The number of hydrogen-bond donors (Lipinski definition) is 1. The number of carbonyl (C=O) groups is 1. The van der Waals surface area contributed by atoms with Crippen molar-refractivity contribution in [3.63, 3.8) is 0 Å². The van der Waals surface area contributed by atoms with E-state index in [2.05, 4.69) is 36.0 Å². The van der Waals surface area contributed by atoms with Crippen molar-refractivity contribution in [1.29, 1.82) is 0 Å². The lowest BCUT2D eigenvalue weighted by Gasteiger charge is -2.30. The molecule has 0 radical (unpaired) electrons. The molecule has 0 saturated carbocycles. The Bertz CT molecular complexity index is 245. The van der Waals surface area contributed by atoms with E-state index < -0.39 is 0 Å². The van der Waals surface area contributed by atoms with Crippen LogP contribution in [0, 0.1) is 5.92 Å². The lowest BCUT2D eigenvalue weighted by Crippen LogP contribution is -2.46. The summed E-state index contributed by atoms with van der Waals surface area (Å²) in [5.74, 6) is 0.384. The van der Waals surface area contributed by atoms with E-state index in [0.717, 1.165) is 39.1 Å². The minimum Gasteiger partial charge on any atom is -0.338 e. The van der Waals surface area contributed by atoms with Gasteiger partial charge in [0, 0.05) is 31.6 Å². The first-order valence-electron chi connectivity index (χ1n) is 6.76. The van der Waals surface area contributed by atoms with Gasteiger partial charge in [0.1, 0.15) is 0 Å². The molecule has 1 amide bonds. The summed E-state index contributed by atoms with van der Waals surface area (Å²) in [6, 6.07) is 0.332. The van der Waals surface area contributed by atoms with Crippen LogP contribution in [0.5, 0.6) is 0 Å². The van der Waals surface area contributed by atoms with Crippen molar-refractivity contribution in [1.82, 2.24) is 15.1 Å². The molecule has 17 heavy (non-hydrogen) atoms. The van der Waals surface area contributed by atoms with Crippen molar-refractivity contribution in [3.05, 3.63) is 0 Å². The summed E-state index contributed by atoms with van der Waals surface area (Å²) >= 11 is 0. The SMILES string of the molecule is CCNCC(C)C(=O)N1CCCN(C)CC1C. The first-order chi connectivity index (χ1) is 8.06. The van der Waals surface area contributed by atoms with Crippen LogP contribution in [0.4, 0.5) is 0 Å². The smallest absolute Gasteiger partial charge is 0.226 e. The van der Waals surface area contributed by atoms with E-state index in [0.29, 0.717) is 11.9 Å². The molecule has 0 aliphatic carbocycles. The van der Waals surface area contributed by atoms with Crippen LogP contribution in [0.25, 0.3) is 0 Å². The predicted octanol–water partition coefficient (Wildman–Crippen LogP) is 0.785. The van der Waals surface area contributed by atoms with Crippen molar-refractivity contribution >= 4 is 5.91 Å².